The van der Waals surface area contributed by atoms with E-state index in [2.05, 4.69) is 57.7 Å². The zero-order valence-electron chi connectivity index (χ0n) is 8.72. The molecule has 0 atom stereocenters. The Labute approximate surface area is 81.3 Å². The van der Waals surface area contributed by atoms with Gasteiger partial charge in [-0.3, -0.25) is 0 Å². The highest BCUT2D eigenvalue weighted by Gasteiger charge is 2.10. The average Bonchev–Trinajstić information content (AvgIpc) is 2.03. The van der Waals surface area contributed by atoms with Crippen molar-refractivity contribution in [1.29, 1.82) is 0 Å². The summed E-state index contributed by atoms with van der Waals surface area (Å²) >= 11 is 0. The van der Waals surface area contributed by atoms with E-state index in [-0.39, 0.29) is 0 Å². The Balaban J connectivity index is 2.75. The lowest BCUT2D eigenvalue weighted by Crippen LogP contribution is -2.08. The van der Waals surface area contributed by atoms with E-state index in [9.17, 15) is 0 Å². The molecule has 13 heavy (non-hydrogen) atoms. The molecule has 69 valence electrons. The molecule has 0 N–H and O–H groups in total. The van der Waals surface area contributed by atoms with Crippen molar-refractivity contribution in [1.82, 2.24) is 0 Å². The highest BCUT2D eigenvalue weighted by atomic mass is 14.2. The molecular weight excluding hydrogens is 156 g/mol. The Morgan fingerprint density at radius 1 is 1.15 bits per heavy atom. The largest absolute Gasteiger partial charge is 0.0906 e. The first kappa shape index (κ1) is 10.0. The summed E-state index contributed by atoms with van der Waals surface area (Å²) in [6.07, 6.45) is 3.98. The first-order valence-corrected chi connectivity index (χ1v) is 4.63. The molecule has 0 aliphatic carbocycles. The molecule has 0 spiro atoms. The van der Waals surface area contributed by atoms with E-state index in [1.165, 1.54) is 5.56 Å². The fraction of sp³-hybridized carbons (Fsp3) is 0.385. The van der Waals surface area contributed by atoms with Crippen LogP contribution in [0, 0.1) is 11.5 Å². The van der Waals surface area contributed by atoms with Crippen LogP contribution in [0.5, 0.6) is 0 Å². The van der Waals surface area contributed by atoms with E-state index in [0.29, 0.717) is 5.41 Å². The van der Waals surface area contributed by atoms with Crippen LogP contribution < -0.4 is 0 Å². The van der Waals surface area contributed by atoms with Crippen LogP contribution in [-0.2, 0) is 6.42 Å². The van der Waals surface area contributed by atoms with Gasteiger partial charge in [0, 0.05) is 0 Å². The van der Waals surface area contributed by atoms with Crippen LogP contribution in [0.15, 0.2) is 30.8 Å². The SMILES string of the molecule is C=[C]c1ccc(CC(C)(C)C)cc1. The van der Waals surface area contributed by atoms with Gasteiger partial charge in [-0.2, -0.15) is 0 Å². The van der Waals surface area contributed by atoms with Crippen LogP contribution in [0.25, 0.3) is 0 Å². The molecule has 0 saturated heterocycles. The summed E-state index contributed by atoms with van der Waals surface area (Å²) in [6, 6.07) is 8.43. The first-order chi connectivity index (χ1) is 6.01. The third-order valence-electron chi connectivity index (χ3n) is 1.89. The van der Waals surface area contributed by atoms with Crippen LogP contribution in [0.1, 0.15) is 31.9 Å². The van der Waals surface area contributed by atoms with Crippen molar-refractivity contribution in [2.24, 2.45) is 5.41 Å². The lowest BCUT2D eigenvalue weighted by atomic mass is 9.88. The molecule has 0 heteroatoms. The van der Waals surface area contributed by atoms with Gasteiger partial charge in [-0.05, 0) is 29.0 Å². The molecule has 0 bridgehead atoms. The standard InChI is InChI=1S/C13H17/c1-5-11-6-8-12(9-7-11)10-13(2,3)4/h6-9H,1,10H2,2-4H3. The van der Waals surface area contributed by atoms with Crippen molar-refractivity contribution < 1.29 is 0 Å². The monoisotopic (exact) mass is 173 g/mol. The summed E-state index contributed by atoms with van der Waals surface area (Å²) < 4.78 is 0. The average molecular weight is 173 g/mol. The third kappa shape index (κ3) is 3.45. The number of rotatable bonds is 2. The molecule has 1 aromatic rings. The quantitative estimate of drug-likeness (QED) is 0.641. The van der Waals surface area contributed by atoms with Gasteiger partial charge in [0.15, 0.2) is 0 Å². The number of hydrogen-bond donors (Lipinski definition) is 0. The Kier molecular flexibility index (Phi) is 2.92. The summed E-state index contributed by atoms with van der Waals surface area (Å²) in [5, 5.41) is 0. The van der Waals surface area contributed by atoms with Crippen molar-refractivity contribution in [3.05, 3.63) is 48.0 Å². The van der Waals surface area contributed by atoms with E-state index in [4.69, 9.17) is 0 Å². The normalized spacial score (nSPS) is 11.3. The first-order valence-electron chi connectivity index (χ1n) is 4.63. The minimum Gasteiger partial charge on any atom is -0.0906 e. The van der Waals surface area contributed by atoms with Gasteiger partial charge in [-0.1, -0.05) is 51.6 Å². The molecule has 0 heterocycles. The molecule has 0 saturated carbocycles. The summed E-state index contributed by atoms with van der Waals surface area (Å²) in [6.45, 7) is 10.4. The van der Waals surface area contributed by atoms with Crippen LogP contribution in [-0.4, -0.2) is 0 Å². The van der Waals surface area contributed by atoms with Gasteiger partial charge in [0.1, 0.15) is 0 Å². The van der Waals surface area contributed by atoms with Crippen LogP contribution in [0.3, 0.4) is 0 Å². The molecule has 0 aliphatic heterocycles. The summed E-state index contributed by atoms with van der Waals surface area (Å²) in [5.41, 5.74) is 2.81. The van der Waals surface area contributed by atoms with E-state index >= 15 is 0 Å². The maximum atomic E-state index is 3.61. The lowest BCUT2D eigenvalue weighted by molar-refractivity contribution is 0.411. The van der Waals surface area contributed by atoms with E-state index in [1.807, 2.05) is 0 Å². The fourth-order valence-electron chi connectivity index (χ4n) is 1.35. The third-order valence-corrected chi connectivity index (χ3v) is 1.89. The summed E-state index contributed by atoms with van der Waals surface area (Å²) in [4.78, 5) is 0. The predicted octanol–water partition coefficient (Wildman–Crippen LogP) is 3.61. The Hall–Kier alpha value is -1.04. The van der Waals surface area contributed by atoms with Gasteiger partial charge in [0.2, 0.25) is 0 Å². The Morgan fingerprint density at radius 2 is 1.69 bits per heavy atom. The minimum absolute atomic E-state index is 0.361. The second-order valence-electron chi connectivity index (χ2n) is 4.61. The molecule has 0 unspecified atom stereocenters. The number of benzene rings is 1. The molecule has 0 aromatic heterocycles. The van der Waals surface area contributed by atoms with Crippen LogP contribution >= 0.6 is 0 Å². The van der Waals surface area contributed by atoms with Crippen molar-refractivity contribution in [3.8, 4) is 0 Å². The van der Waals surface area contributed by atoms with Crippen LogP contribution in [0.4, 0.5) is 0 Å². The highest BCUT2D eigenvalue weighted by Crippen LogP contribution is 2.20. The molecule has 0 fully saturated rings. The minimum atomic E-state index is 0.361. The summed E-state index contributed by atoms with van der Waals surface area (Å²) in [7, 11) is 0. The second kappa shape index (κ2) is 3.78. The highest BCUT2D eigenvalue weighted by molar-refractivity contribution is 5.26. The molecule has 0 aliphatic rings. The van der Waals surface area contributed by atoms with Crippen molar-refractivity contribution >= 4 is 0 Å². The molecule has 1 rings (SSSR count). The molecule has 1 radical (unpaired) electrons. The molecular formula is C13H17. The Bertz CT molecular complexity index is 272. The summed E-state index contributed by atoms with van der Waals surface area (Å²) in [5.74, 6) is 0. The smallest absolute Gasteiger partial charge is 0.0183 e. The Morgan fingerprint density at radius 3 is 2.08 bits per heavy atom. The van der Waals surface area contributed by atoms with Gasteiger partial charge in [0.25, 0.3) is 0 Å². The van der Waals surface area contributed by atoms with Gasteiger partial charge in [-0.15, -0.1) is 0 Å². The molecule has 0 amide bonds. The van der Waals surface area contributed by atoms with E-state index < -0.39 is 0 Å². The zero-order valence-corrected chi connectivity index (χ0v) is 8.72. The predicted molar refractivity (Wildman–Crippen MR) is 57.6 cm³/mol. The van der Waals surface area contributed by atoms with Crippen molar-refractivity contribution in [2.45, 2.75) is 27.2 Å². The van der Waals surface area contributed by atoms with E-state index in [1.54, 1.807) is 0 Å². The van der Waals surface area contributed by atoms with E-state index in [0.717, 1.165) is 12.0 Å². The zero-order chi connectivity index (χ0) is 9.90. The maximum Gasteiger partial charge on any atom is -0.0183 e. The van der Waals surface area contributed by atoms with Crippen molar-refractivity contribution in [2.75, 3.05) is 0 Å². The van der Waals surface area contributed by atoms with Crippen molar-refractivity contribution in [3.63, 3.8) is 0 Å². The lowest BCUT2D eigenvalue weighted by Gasteiger charge is -2.17. The number of hydrogen-bond acceptors (Lipinski definition) is 0. The molecule has 0 nitrogen and oxygen atoms in total. The van der Waals surface area contributed by atoms with Gasteiger partial charge in [-0.25, -0.2) is 0 Å². The van der Waals surface area contributed by atoms with Crippen LogP contribution in [0.2, 0.25) is 0 Å². The second-order valence-corrected chi connectivity index (χ2v) is 4.61. The fourth-order valence-corrected chi connectivity index (χ4v) is 1.35. The maximum absolute atomic E-state index is 3.61. The van der Waals surface area contributed by atoms with Gasteiger partial charge in [0.05, 0.1) is 0 Å². The molecule has 1 aromatic carbocycles. The van der Waals surface area contributed by atoms with Gasteiger partial charge < -0.3 is 0 Å². The topological polar surface area (TPSA) is 0 Å². The van der Waals surface area contributed by atoms with Gasteiger partial charge >= 0.3 is 0 Å².